The molecule has 78 valence electrons. The molecule has 0 saturated heterocycles. The minimum Gasteiger partial charge on any atom is -0.390 e. The molecule has 0 fully saturated rings. The van der Waals surface area contributed by atoms with Crippen LogP contribution >= 0.6 is 0 Å². The molecule has 2 atom stereocenters. The molecule has 4 heteroatoms. The Kier molecular flexibility index (Phi) is 4.00. The second-order valence-corrected chi connectivity index (χ2v) is 3.35. The first-order chi connectivity index (χ1) is 6.65. The summed E-state index contributed by atoms with van der Waals surface area (Å²) < 4.78 is 0. The second-order valence-electron chi connectivity index (χ2n) is 3.35. The highest BCUT2D eigenvalue weighted by Gasteiger charge is 2.18. The molecule has 1 aromatic heterocycles. The van der Waals surface area contributed by atoms with E-state index in [1.165, 1.54) is 0 Å². The molecule has 0 spiro atoms. The lowest BCUT2D eigenvalue weighted by atomic mass is 10.1. The second kappa shape index (κ2) is 5.05. The van der Waals surface area contributed by atoms with Gasteiger partial charge in [0.05, 0.1) is 11.8 Å². The van der Waals surface area contributed by atoms with E-state index in [9.17, 15) is 10.2 Å². The molecule has 2 unspecified atom stereocenters. The lowest BCUT2D eigenvalue weighted by Crippen LogP contribution is -2.22. The number of aliphatic hydroxyl groups is 2. The monoisotopic (exact) mass is 196 g/mol. The molecule has 0 saturated carbocycles. The van der Waals surface area contributed by atoms with Crippen LogP contribution in [0.3, 0.4) is 0 Å². The fraction of sp³-hybridized carbons (Fsp3) is 0.500. The number of rotatable bonds is 4. The lowest BCUT2D eigenvalue weighted by molar-refractivity contribution is 0.0125. The standard InChI is InChI=1S/C10H16N2O2/c1-7-3-5-12-8(6-7)10(14)9(13)2-4-11/h3,5-6,9-10,13-14H,2,4,11H2,1H3. The molecule has 1 heterocycles. The molecule has 0 amide bonds. The van der Waals surface area contributed by atoms with Gasteiger partial charge in [0.1, 0.15) is 6.10 Å². The molecule has 0 bridgehead atoms. The quantitative estimate of drug-likeness (QED) is 0.639. The maximum absolute atomic E-state index is 9.68. The number of nitrogens with two attached hydrogens (primary N) is 1. The average Bonchev–Trinajstić information content (AvgIpc) is 2.17. The Morgan fingerprint density at radius 3 is 2.79 bits per heavy atom. The topological polar surface area (TPSA) is 79.4 Å². The summed E-state index contributed by atoms with van der Waals surface area (Å²) in [6.07, 6.45) is 0.201. The Morgan fingerprint density at radius 2 is 2.21 bits per heavy atom. The fourth-order valence-corrected chi connectivity index (χ4v) is 1.25. The SMILES string of the molecule is Cc1ccnc(C(O)C(O)CCN)c1. The third-order valence-corrected chi connectivity index (χ3v) is 2.07. The van der Waals surface area contributed by atoms with Crippen molar-refractivity contribution < 1.29 is 10.2 Å². The fourth-order valence-electron chi connectivity index (χ4n) is 1.25. The van der Waals surface area contributed by atoms with Crippen LogP contribution < -0.4 is 5.73 Å². The van der Waals surface area contributed by atoms with Crippen LogP contribution in [-0.2, 0) is 0 Å². The van der Waals surface area contributed by atoms with Crippen molar-refractivity contribution in [3.8, 4) is 0 Å². The average molecular weight is 196 g/mol. The van der Waals surface area contributed by atoms with Gasteiger partial charge in [-0.15, -0.1) is 0 Å². The van der Waals surface area contributed by atoms with E-state index in [4.69, 9.17) is 5.73 Å². The van der Waals surface area contributed by atoms with Gasteiger partial charge >= 0.3 is 0 Å². The predicted molar refractivity (Wildman–Crippen MR) is 53.6 cm³/mol. The Labute approximate surface area is 83.4 Å². The van der Waals surface area contributed by atoms with E-state index in [2.05, 4.69) is 4.98 Å². The molecule has 4 N–H and O–H groups in total. The third kappa shape index (κ3) is 2.77. The van der Waals surface area contributed by atoms with E-state index in [1.807, 2.05) is 13.0 Å². The van der Waals surface area contributed by atoms with E-state index >= 15 is 0 Å². The predicted octanol–water partition coefficient (Wildman–Crippen LogP) is 0.133. The van der Waals surface area contributed by atoms with Crippen LogP contribution in [0.1, 0.15) is 23.8 Å². The summed E-state index contributed by atoms with van der Waals surface area (Å²) in [7, 11) is 0. The zero-order chi connectivity index (χ0) is 10.6. The van der Waals surface area contributed by atoms with Gasteiger partial charge in [-0.1, -0.05) is 0 Å². The van der Waals surface area contributed by atoms with E-state index in [-0.39, 0.29) is 0 Å². The van der Waals surface area contributed by atoms with E-state index in [0.29, 0.717) is 18.7 Å². The summed E-state index contributed by atoms with van der Waals surface area (Å²) in [6, 6.07) is 3.59. The van der Waals surface area contributed by atoms with E-state index < -0.39 is 12.2 Å². The van der Waals surface area contributed by atoms with Crippen molar-refractivity contribution in [3.05, 3.63) is 29.6 Å². The van der Waals surface area contributed by atoms with Crippen molar-refractivity contribution >= 4 is 0 Å². The Balaban J connectivity index is 2.73. The van der Waals surface area contributed by atoms with Crippen LogP contribution in [0.4, 0.5) is 0 Å². The third-order valence-electron chi connectivity index (χ3n) is 2.07. The normalized spacial score (nSPS) is 15.1. The minimum absolute atomic E-state index is 0.351. The van der Waals surface area contributed by atoms with Crippen molar-refractivity contribution in [2.45, 2.75) is 25.6 Å². The van der Waals surface area contributed by atoms with Gasteiger partial charge in [-0.25, -0.2) is 0 Å². The van der Waals surface area contributed by atoms with Crippen molar-refractivity contribution in [1.29, 1.82) is 0 Å². The molecule has 0 aliphatic rings. The first kappa shape index (κ1) is 11.1. The van der Waals surface area contributed by atoms with Gasteiger partial charge in [0.25, 0.3) is 0 Å². The number of pyridine rings is 1. The van der Waals surface area contributed by atoms with E-state index in [0.717, 1.165) is 5.56 Å². The molecule has 1 aromatic rings. The first-order valence-electron chi connectivity index (χ1n) is 4.64. The maximum Gasteiger partial charge on any atom is 0.122 e. The van der Waals surface area contributed by atoms with Gasteiger partial charge in [-0.3, -0.25) is 4.98 Å². The Hall–Kier alpha value is -0.970. The van der Waals surface area contributed by atoms with Gasteiger partial charge in [-0.05, 0) is 37.6 Å². The molecule has 1 rings (SSSR count). The van der Waals surface area contributed by atoms with Gasteiger partial charge in [0, 0.05) is 6.20 Å². The van der Waals surface area contributed by atoms with Crippen molar-refractivity contribution in [3.63, 3.8) is 0 Å². The van der Waals surface area contributed by atoms with Gasteiger partial charge in [0.15, 0.2) is 0 Å². The number of hydrogen-bond donors (Lipinski definition) is 3. The summed E-state index contributed by atoms with van der Waals surface area (Å²) in [5, 5.41) is 19.2. The van der Waals surface area contributed by atoms with Gasteiger partial charge in [0.2, 0.25) is 0 Å². The molecule has 0 radical (unpaired) electrons. The molecule has 0 aromatic carbocycles. The lowest BCUT2D eigenvalue weighted by Gasteiger charge is -2.16. The molecule has 14 heavy (non-hydrogen) atoms. The zero-order valence-electron chi connectivity index (χ0n) is 8.22. The summed E-state index contributed by atoms with van der Waals surface area (Å²) in [5.74, 6) is 0. The molecular formula is C10H16N2O2. The number of hydrogen-bond acceptors (Lipinski definition) is 4. The van der Waals surface area contributed by atoms with E-state index in [1.54, 1.807) is 12.3 Å². The van der Waals surface area contributed by atoms with Crippen molar-refractivity contribution in [2.75, 3.05) is 6.54 Å². The van der Waals surface area contributed by atoms with Crippen molar-refractivity contribution in [2.24, 2.45) is 5.73 Å². The molecule has 4 nitrogen and oxygen atoms in total. The molecule has 0 aliphatic carbocycles. The van der Waals surface area contributed by atoms with Crippen LogP contribution in [0.25, 0.3) is 0 Å². The highest BCUT2D eigenvalue weighted by molar-refractivity contribution is 5.16. The number of nitrogens with zero attached hydrogens (tertiary/aromatic N) is 1. The summed E-state index contributed by atoms with van der Waals surface area (Å²) in [6.45, 7) is 2.26. The molecular weight excluding hydrogens is 180 g/mol. The smallest absolute Gasteiger partial charge is 0.122 e. The number of aryl methyl sites for hydroxylation is 1. The minimum atomic E-state index is -0.946. The Morgan fingerprint density at radius 1 is 1.50 bits per heavy atom. The molecule has 0 aliphatic heterocycles. The highest BCUT2D eigenvalue weighted by atomic mass is 16.3. The van der Waals surface area contributed by atoms with Crippen LogP contribution in [0, 0.1) is 6.92 Å². The zero-order valence-corrected chi connectivity index (χ0v) is 8.22. The van der Waals surface area contributed by atoms with Crippen LogP contribution in [-0.4, -0.2) is 27.8 Å². The summed E-state index contributed by atoms with van der Waals surface area (Å²) in [5.41, 5.74) is 6.78. The first-order valence-corrected chi connectivity index (χ1v) is 4.64. The van der Waals surface area contributed by atoms with Crippen LogP contribution in [0.15, 0.2) is 18.3 Å². The number of aromatic nitrogens is 1. The highest BCUT2D eigenvalue weighted by Crippen LogP contribution is 2.16. The summed E-state index contributed by atoms with van der Waals surface area (Å²) in [4.78, 5) is 3.99. The van der Waals surface area contributed by atoms with Crippen molar-refractivity contribution in [1.82, 2.24) is 4.98 Å². The summed E-state index contributed by atoms with van der Waals surface area (Å²) >= 11 is 0. The largest absolute Gasteiger partial charge is 0.390 e. The maximum atomic E-state index is 9.68. The van der Waals surface area contributed by atoms with Crippen LogP contribution in [0.2, 0.25) is 0 Å². The van der Waals surface area contributed by atoms with Gasteiger partial charge < -0.3 is 15.9 Å². The number of aliphatic hydroxyl groups excluding tert-OH is 2. The van der Waals surface area contributed by atoms with Crippen LogP contribution in [0.5, 0.6) is 0 Å². The van der Waals surface area contributed by atoms with Gasteiger partial charge in [-0.2, -0.15) is 0 Å². The Bertz CT molecular complexity index is 291.